The first-order chi connectivity index (χ1) is 13.6. The molecule has 154 valence electrons. The fourth-order valence-electron chi connectivity index (χ4n) is 3.77. The number of nitrogens with zero attached hydrogens (tertiary/aromatic N) is 3. The summed E-state index contributed by atoms with van der Waals surface area (Å²) in [5, 5.41) is 18.2. The number of β-amino-alcohol motifs (C(OH)–C–C–N with tert-alkyl or cyclic N) is 1. The highest BCUT2D eigenvalue weighted by Gasteiger charge is 2.14. The molecule has 3 rings (SSSR count). The number of nitrogens with one attached hydrogen (secondary N) is 1. The zero-order valence-corrected chi connectivity index (χ0v) is 17.2. The largest absolute Gasteiger partial charge is 0.491 e. The monoisotopic (exact) mass is 386 g/mol. The minimum atomic E-state index is -0.451. The molecule has 0 aliphatic carbocycles. The normalized spacial score (nSPS) is 16.7. The van der Waals surface area contributed by atoms with E-state index in [9.17, 15) is 5.11 Å². The smallest absolute Gasteiger partial charge is 0.119 e. The van der Waals surface area contributed by atoms with Crippen molar-refractivity contribution in [2.24, 2.45) is 7.05 Å². The molecule has 1 aromatic heterocycles. The van der Waals surface area contributed by atoms with Gasteiger partial charge in [0.2, 0.25) is 0 Å². The third-order valence-corrected chi connectivity index (χ3v) is 5.27. The standard InChI is InChI=1S/C22H34N4O2/c1-18-20(15-25(2)24-18)14-23-13-19-8-7-9-22(12-19)28-17-21(27)16-26-10-5-3-4-6-11-26/h7-9,12,15,21,23,27H,3-6,10-11,13-14,16-17H2,1-2H3/t21-/m0/s1. The topological polar surface area (TPSA) is 62.6 Å². The van der Waals surface area contributed by atoms with Gasteiger partial charge in [-0.3, -0.25) is 4.68 Å². The van der Waals surface area contributed by atoms with Crippen LogP contribution >= 0.6 is 0 Å². The molecule has 1 fully saturated rings. The molecule has 6 nitrogen and oxygen atoms in total. The summed E-state index contributed by atoms with van der Waals surface area (Å²) in [6.07, 6.45) is 6.69. The molecular formula is C22H34N4O2. The van der Waals surface area contributed by atoms with Crippen LogP contribution in [-0.2, 0) is 20.1 Å². The Morgan fingerprint density at radius 3 is 2.68 bits per heavy atom. The first-order valence-electron chi connectivity index (χ1n) is 10.4. The third kappa shape index (κ3) is 6.62. The quantitative estimate of drug-likeness (QED) is 0.694. The summed E-state index contributed by atoms with van der Waals surface area (Å²) in [6.45, 7) is 6.81. The van der Waals surface area contributed by atoms with Gasteiger partial charge >= 0.3 is 0 Å². The highest BCUT2D eigenvalue weighted by molar-refractivity contribution is 5.28. The van der Waals surface area contributed by atoms with Crippen LogP contribution in [-0.4, -0.2) is 52.1 Å². The van der Waals surface area contributed by atoms with Crippen LogP contribution in [0.25, 0.3) is 0 Å². The van der Waals surface area contributed by atoms with Crippen LogP contribution in [0.1, 0.15) is 42.5 Å². The SMILES string of the molecule is Cc1nn(C)cc1CNCc1cccc(OC[C@@H](O)CN2CCCCCC2)c1. The number of hydrogen-bond donors (Lipinski definition) is 2. The van der Waals surface area contributed by atoms with Gasteiger partial charge in [-0.2, -0.15) is 5.10 Å². The molecular weight excluding hydrogens is 352 g/mol. The van der Waals surface area contributed by atoms with E-state index >= 15 is 0 Å². The Morgan fingerprint density at radius 2 is 1.96 bits per heavy atom. The van der Waals surface area contributed by atoms with Crippen molar-refractivity contribution in [3.63, 3.8) is 0 Å². The van der Waals surface area contributed by atoms with Gasteiger partial charge in [-0.15, -0.1) is 0 Å². The van der Waals surface area contributed by atoms with Crippen molar-refractivity contribution in [2.45, 2.75) is 51.8 Å². The van der Waals surface area contributed by atoms with Gasteiger partial charge in [0, 0.05) is 38.4 Å². The van der Waals surface area contributed by atoms with Gasteiger partial charge in [0.1, 0.15) is 18.5 Å². The van der Waals surface area contributed by atoms with Gasteiger partial charge < -0.3 is 20.1 Å². The molecule has 1 aliphatic heterocycles. The molecule has 0 unspecified atom stereocenters. The predicted octanol–water partition coefficient (Wildman–Crippen LogP) is 2.63. The molecule has 1 aromatic carbocycles. The van der Waals surface area contributed by atoms with Crippen molar-refractivity contribution in [1.29, 1.82) is 0 Å². The second-order valence-corrected chi connectivity index (χ2v) is 7.84. The highest BCUT2D eigenvalue weighted by Crippen LogP contribution is 2.15. The Labute approximate surface area is 168 Å². The summed E-state index contributed by atoms with van der Waals surface area (Å²) in [4.78, 5) is 2.36. The van der Waals surface area contributed by atoms with E-state index in [0.29, 0.717) is 13.2 Å². The summed E-state index contributed by atoms with van der Waals surface area (Å²) in [7, 11) is 1.94. The fraction of sp³-hybridized carbons (Fsp3) is 0.591. The number of aliphatic hydroxyl groups excluding tert-OH is 1. The summed E-state index contributed by atoms with van der Waals surface area (Å²) in [5.74, 6) is 0.812. The highest BCUT2D eigenvalue weighted by atomic mass is 16.5. The number of ether oxygens (including phenoxy) is 1. The Morgan fingerprint density at radius 1 is 1.18 bits per heavy atom. The average Bonchev–Trinajstić information content (AvgIpc) is 2.86. The molecule has 2 aromatic rings. The minimum Gasteiger partial charge on any atom is -0.491 e. The van der Waals surface area contributed by atoms with Crippen LogP contribution in [0.5, 0.6) is 5.75 Å². The zero-order valence-electron chi connectivity index (χ0n) is 17.2. The van der Waals surface area contributed by atoms with Gasteiger partial charge in [-0.05, 0) is 50.6 Å². The molecule has 2 heterocycles. The van der Waals surface area contributed by atoms with E-state index in [2.05, 4.69) is 21.4 Å². The number of benzene rings is 1. The number of rotatable bonds is 9. The Balaban J connectivity index is 1.41. The minimum absolute atomic E-state index is 0.336. The number of hydrogen-bond acceptors (Lipinski definition) is 5. The van der Waals surface area contributed by atoms with Crippen LogP contribution < -0.4 is 10.1 Å². The Kier molecular flexibility index (Phi) is 7.89. The van der Waals surface area contributed by atoms with Crippen molar-refractivity contribution in [1.82, 2.24) is 20.0 Å². The van der Waals surface area contributed by atoms with E-state index in [-0.39, 0.29) is 0 Å². The van der Waals surface area contributed by atoms with Gasteiger partial charge in [-0.1, -0.05) is 25.0 Å². The number of aliphatic hydroxyl groups is 1. The molecule has 0 radical (unpaired) electrons. The lowest BCUT2D eigenvalue weighted by Gasteiger charge is -2.23. The summed E-state index contributed by atoms with van der Waals surface area (Å²) in [6, 6.07) is 8.08. The van der Waals surface area contributed by atoms with Crippen LogP contribution in [0.15, 0.2) is 30.5 Å². The Hall–Kier alpha value is -1.89. The first-order valence-corrected chi connectivity index (χ1v) is 10.4. The molecule has 6 heteroatoms. The lowest BCUT2D eigenvalue weighted by molar-refractivity contribution is 0.0693. The molecule has 1 atom stereocenters. The van der Waals surface area contributed by atoms with Crippen LogP contribution in [0, 0.1) is 6.92 Å². The maximum Gasteiger partial charge on any atom is 0.119 e. The average molecular weight is 387 g/mol. The van der Waals surface area contributed by atoms with Crippen LogP contribution in [0.4, 0.5) is 0 Å². The molecule has 0 amide bonds. The summed E-state index contributed by atoms with van der Waals surface area (Å²) >= 11 is 0. The molecule has 28 heavy (non-hydrogen) atoms. The molecule has 0 spiro atoms. The van der Waals surface area contributed by atoms with Crippen molar-refractivity contribution in [3.8, 4) is 5.75 Å². The van der Waals surface area contributed by atoms with E-state index in [1.165, 1.54) is 36.8 Å². The number of aromatic nitrogens is 2. The molecule has 1 aliphatic rings. The second-order valence-electron chi connectivity index (χ2n) is 7.84. The van der Waals surface area contributed by atoms with Gasteiger partial charge in [0.15, 0.2) is 0 Å². The maximum atomic E-state index is 10.3. The van der Waals surface area contributed by atoms with Crippen LogP contribution in [0.3, 0.4) is 0 Å². The lowest BCUT2D eigenvalue weighted by Crippen LogP contribution is -2.36. The van der Waals surface area contributed by atoms with E-state index in [1.54, 1.807) is 0 Å². The van der Waals surface area contributed by atoms with Crippen molar-refractivity contribution < 1.29 is 9.84 Å². The maximum absolute atomic E-state index is 10.3. The van der Waals surface area contributed by atoms with E-state index < -0.39 is 6.10 Å². The van der Waals surface area contributed by atoms with E-state index in [0.717, 1.165) is 37.6 Å². The van der Waals surface area contributed by atoms with E-state index in [4.69, 9.17) is 4.74 Å². The molecule has 0 bridgehead atoms. The number of likely N-dealkylation sites (tertiary alicyclic amines) is 1. The van der Waals surface area contributed by atoms with Gasteiger partial charge in [-0.25, -0.2) is 0 Å². The molecule has 0 saturated carbocycles. The van der Waals surface area contributed by atoms with Crippen molar-refractivity contribution >= 4 is 0 Å². The third-order valence-electron chi connectivity index (χ3n) is 5.27. The lowest BCUT2D eigenvalue weighted by atomic mass is 10.2. The summed E-state index contributed by atoms with van der Waals surface area (Å²) in [5.41, 5.74) is 3.44. The second kappa shape index (κ2) is 10.6. The molecule has 2 N–H and O–H groups in total. The van der Waals surface area contributed by atoms with Gasteiger partial charge in [0.25, 0.3) is 0 Å². The van der Waals surface area contributed by atoms with Crippen molar-refractivity contribution in [2.75, 3.05) is 26.2 Å². The van der Waals surface area contributed by atoms with Gasteiger partial charge in [0.05, 0.1) is 5.69 Å². The predicted molar refractivity (Wildman–Crippen MR) is 111 cm³/mol. The van der Waals surface area contributed by atoms with Crippen LogP contribution in [0.2, 0.25) is 0 Å². The fourth-order valence-corrected chi connectivity index (χ4v) is 3.77. The van der Waals surface area contributed by atoms with E-state index in [1.807, 2.05) is 43.0 Å². The molecule has 1 saturated heterocycles. The zero-order chi connectivity index (χ0) is 19.8. The number of aryl methyl sites for hydroxylation is 2. The van der Waals surface area contributed by atoms with Crippen molar-refractivity contribution in [3.05, 3.63) is 47.3 Å². The summed E-state index contributed by atoms with van der Waals surface area (Å²) < 4.78 is 7.70. The Bertz CT molecular complexity index is 723. The first kappa shape index (κ1) is 20.8.